The fourth-order valence-electron chi connectivity index (χ4n) is 2.02. The number of halogens is 1. The third kappa shape index (κ3) is 2.34. The van der Waals surface area contributed by atoms with Crippen LogP contribution in [-0.4, -0.2) is 4.98 Å². The molecular weight excluding hydrogens is 302 g/mol. The number of aromatic nitrogens is 1. The fraction of sp³-hybridized carbons (Fsp3) is 0.0625. The zero-order chi connectivity index (χ0) is 13.2. The van der Waals surface area contributed by atoms with Gasteiger partial charge >= 0.3 is 0 Å². The highest BCUT2D eigenvalue weighted by Gasteiger charge is 2.09. The number of benzene rings is 2. The molecule has 0 N–H and O–H groups in total. The zero-order valence-electron chi connectivity index (χ0n) is 10.3. The molecule has 0 fully saturated rings. The van der Waals surface area contributed by atoms with Gasteiger partial charge in [-0.15, -0.1) is 6.58 Å². The number of oxazole rings is 1. The Kier molecular flexibility index (Phi) is 3.22. The van der Waals surface area contributed by atoms with Gasteiger partial charge in [-0.3, -0.25) is 0 Å². The topological polar surface area (TPSA) is 26.0 Å². The summed E-state index contributed by atoms with van der Waals surface area (Å²) in [5.41, 5.74) is 3.85. The molecule has 2 nitrogen and oxygen atoms in total. The Morgan fingerprint density at radius 3 is 2.84 bits per heavy atom. The third-order valence-electron chi connectivity index (χ3n) is 2.95. The van der Waals surface area contributed by atoms with Gasteiger partial charge < -0.3 is 4.42 Å². The van der Waals surface area contributed by atoms with Crippen molar-refractivity contribution in [1.82, 2.24) is 4.98 Å². The predicted molar refractivity (Wildman–Crippen MR) is 81.0 cm³/mol. The van der Waals surface area contributed by atoms with Crippen LogP contribution in [0.15, 0.2) is 64.0 Å². The van der Waals surface area contributed by atoms with Crippen LogP contribution in [0, 0.1) is 0 Å². The molecule has 3 rings (SSSR count). The minimum Gasteiger partial charge on any atom is -0.436 e. The van der Waals surface area contributed by atoms with E-state index in [0.717, 1.165) is 27.6 Å². The van der Waals surface area contributed by atoms with Gasteiger partial charge in [-0.05, 0) is 42.3 Å². The maximum atomic E-state index is 5.77. The highest BCUT2D eigenvalue weighted by molar-refractivity contribution is 9.10. The number of hydrogen-bond donors (Lipinski definition) is 0. The van der Waals surface area contributed by atoms with Crippen molar-refractivity contribution in [3.05, 3.63) is 65.2 Å². The van der Waals surface area contributed by atoms with E-state index in [9.17, 15) is 0 Å². The first-order chi connectivity index (χ1) is 9.28. The number of fused-ring (bicyclic) bond motifs is 1. The molecule has 0 aliphatic carbocycles. The molecule has 1 heterocycles. The molecule has 19 heavy (non-hydrogen) atoms. The number of allylic oxidation sites excluding steroid dienone is 1. The zero-order valence-corrected chi connectivity index (χ0v) is 11.9. The number of rotatable bonds is 3. The molecule has 0 amide bonds. The molecular formula is C16H12BrNO. The molecule has 0 saturated heterocycles. The fourth-order valence-corrected chi connectivity index (χ4v) is 2.42. The summed E-state index contributed by atoms with van der Waals surface area (Å²) in [5.74, 6) is 0.652. The van der Waals surface area contributed by atoms with Gasteiger partial charge in [-0.25, -0.2) is 4.98 Å². The maximum absolute atomic E-state index is 5.77. The van der Waals surface area contributed by atoms with E-state index in [1.165, 1.54) is 5.56 Å². The molecule has 0 radical (unpaired) electrons. The molecule has 3 heteroatoms. The smallest absolute Gasteiger partial charge is 0.227 e. The highest BCUT2D eigenvalue weighted by Crippen LogP contribution is 2.28. The second kappa shape index (κ2) is 5.02. The van der Waals surface area contributed by atoms with Crippen molar-refractivity contribution < 1.29 is 4.42 Å². The largest absolute Gasteiger partial charge is 0.436 e. The van der Waals surface area contributed by atoms with Crippen molar-refractivity contribution in [2.75, 3.05) is 0 Å². The van der Waals surface area contributed by atoms with Gasteiger partial charge in [0.05, 0.1) is 0 Å². The van der Waals surface area contributed by atoms with Crippen LogP contribution in [0.2, 0.25) is 0 Å². The highest BCUT2D eigenvalue weighted by atomic mass is 79.9. The van der Waals surface area contributed by atoms with E-state index in [0.29, 0.717) is 5.89 Å². The van der Waals surface area contributed by atoms with Crippen LogP contribution in [0.3, 0.4) is 0 Å². The molecule has 0 aliphatic heterocycles. The Bertz CT molecular complexity index is 712. The Hall–Kier alpha value is -1.87. The van der Waals surface area contributed by atoms with Crippen LogP contribution in [0.5, 0.6) is 0 Å². The van der Waals surface area contributed by atoms with Crippen LogP contribution in [-0.2, 0) is 6.42 Å². The van der Waals surface area contributed by atoms with Gasteiger partial charge in [0.25, 0.3) is 0 Å². The van der Waals surface area contributed by atoms with Crippen molar-refractivity contribution in [2.24, 2.45) is 0 Å². The monoisotopic (exact) mass is 313 g/mol. The minimum absolute atomic E-state index is 0.652. The quantitative estimate of drug-likeness (QED) is 0.637. The Balaban J connectivity index is 2.10. The van der Waals surface area contributed by atoms with Crippen molar-refractivity contribution in [3.8, 4) is 11.5 Å². The Morgan fingerprint density at radius 1 is 1.21 bits per heavy atom. The first kappa shape index (κ1) is 12.2. The molecule has 0 bridgehead atoms. The average Bonchev–Trinajstić information content (AvgIpc) is 2.85. The van der Waals surface area contributed by atoms with E-state index in [2.05, 4.69) is 33.6 Å². The van der Waals surface area contributed by atoms with E-state index in [1.807, 2.05) is 42.5 Å². The lowest BCUT2D eigenvalue weighted by Crippen LogP contribution is -1.86. The first-order valence-corrected chi connectivity index (χ1v) is 6.82. The molecule has 94 valence electrons. The second-order valence-electron chi connectivity index (χ2n) is 4.29. The lowest BCUT2D eigenvalue weighted by molar-refractivity contribution is 0.619. The van der Waals surface area contributed by atoms with Crippen LogP contribution in [0.4, 0.5) is 0 Å². The molecule has 0 unspecified atom stereocenters. The summed E-state index contributed by atoms with van der Waals surface area (Å²) >= 11 is 3.54. The summed E-state index contributed by atoms with van der Waals surface area (Å²) < 4.78 is 6.85. The predicted octanol–water partition coefficient (Wildman–Crippen LogP) is 4.99. The van der Waals surface area contributed by atoms with Gasteiger partial charge in [-0.1, -0.05) is 34.1 Å². The number of hydrogen-bond acceptors (Lipinski definition) is 2. The van der Waals surface area contributed by atoms with Crippen LogP contribution in [0.25, 0.3) is 22.6 Å². The van der Waals surface area contributed by atoms with Crippen LogP contribution < -0.4 is 0 Å². The molecule has 0 spiro atoms. The summed E-state index contributed by atoms with van der Waals surface area (Å²) in [6, 6.07) is 13.9. The summed E-state index contributed by atoms with van der Waals surface area (Å²) in [7, 11) is 0. The Labute approximate surface area is 119 Å². The second-order valence-corrected chi connectivity index (χ2v) is 5.14. The van der Waals surface area contributed by atoms with Gasteiger partial charge in [0, 0.05) is 10.0 Å². The molecule has 1 aromatic heterocycles. The maximum Gasteiger partial charge on any atom is 0.227 e. The molecule has 2 aromatic carbocycles. The van der Waals surface area contributed by atoms with Crippen molar-refractivity contribution in [1.29, 1.82) is 0 Å². The van der Waals surface area contributed by atoms with Gasteiger partial charge in [0.1, 0.15) is 5.52 Å². The van der Waals surface area contributed by atoms with Crippen molar-refractivity contribution >= 4 is 27.0 Å². The van der Waals surface area contributed by atoms with E-state index in [4.69, 9.17) is 4.42 Å². The Morgan fingerprint density at radius 2 is 2.05 bits per heavy atom. The first-order valence-electron chi connectivity index (χ1n) is 6.03. The van der Waals surface area contributed by atoms with Crippen LogP contribution >= 0.6 is 15.9 Å². The van der Waals surface area contributed by atoms with E-state index >= 15 is 0 Å². The van der Waals surface area contributed by atoms with Gasteiger partial charge in [0.2, 0.25) is 5.89 Å². The minimum atomic E-state index is 0.652. The van der Waals surface area contributed by atoms with E-state index in [1.54, 1.807) is 0 Å². The lowest BCUT2D eigenvalue weighted by Gasteiger charge is -2.03. The molecule has 3 aromatic rings. The van der Waals surface area contributed by atoms with Crippen LogP contribution in [0.1, 0.15) is 5.56 Å². The molecule has 0 aliphatic rings. The molecule has 0 atom stereocenters. The number of para-hydroxylation sites is 2. The SMILES string of the molecule is C=CCc1cc(-c2nc3ccccc3o2)ccc1Br. The summed E-state index contributed by atoms with van der Waals surface area (Å²) in [4.78, 5) is 4.51. The lowest BCUT2D eigenvalue weighted by atomic mass is 10.1. The normalized spacial score (nSPS) is 10.8. The average molecular weight is 314 g/mol. The van der Waals surface area contributed by atoms with Gasteiger partial charge in [-0.2, -0.15) is 0 Å². The summed E-state index contributed by atoms with van der Waals surface area (Å²) in [6.45, 7) is 3.77. The standard InChI is InChI=1S/C16H12BrNO/c1-2-5-11-10-12(8-9-13(11)17)16-18-14-6-3-4-7-15(14)19-16/h2-4,6-10H,1,5H2. The van der Waals surface area contributed by atoms with E-state index in [-0.39, 0.29) is 0 Å². The van der Waals surface area contributed by atoms with E-state index < -0.39 is 0 Å². The third-order valence-corrected chi connectivity index (χ3v) is 3.72. The summed E-state index contributed by atoms with van der Waals surface area (Å²) in [5, 5.41) is 0. The van der Waals surface area contributed by atoms with Crippen molar-refractivity contribution in [2.45, 2.75) is 6.42 Å². The van der Waals surface area contributed by atoms with Gasteiger partial charge in [0.15, 0.2) is 5.58 Å². The number of nitrogens with zero attached hydrogens (tertiary/aromatic N) is 1. The summed E-state index contributed by atoms with van der Waals surface area (Å²) in [6.07, 6.45) is 2.70. The van der Waals surface area contributed by atoms with Crippen molar-refractivity contribution in [3.63, 3.8) is 0 Å². The molecule has 0 saturated carbocycles.